The quantitative estimate of drug-likeness (QED) is 0.309. The molecule has 8 N–H and O–H groups in total. The fourth-order valence-corrected chi connectivity index (χ4v) is 1.32. The molecule has 0 saturated carbocycles. The Bertz CT molecular complexity index is 227. The standard InChI is InChI=1S/C6H15NO3.C4H7NO.CH4N2O/c8-4-1-7(2-5-9)3-6-10;6-4-2-1-3-5-4;2-1(3)4/h8-10H,1-6H2;1-3H2,(H,5,6);(H4,2,3,4). The average Bonchev–Trinajstić information content (AvgIpc) is 2.81. The van der Waals surface area contributed by atoms with Crippen LogP contribution in [0.3, 0.4) is 0 Å². The van der Waals surface area contributed by atoms with E-state index in [1.165, 1.54) is 0 Å². The molecule has 1 saturated heterocycles. The fraction of sp³-hybridized carbons (Fsp3) is 0.818. The van der Waals surface area contributed by atoms with Crippen LogP contribution in [0.2, 0.25) is 0 Å². The average molecular weight is 294 g/mol. The highest BCUT2D eigenvalue weighted by Gasteiger charge is 2.05. The molecule has 9 heteroatoms. The first-order chi connectivity index (χ1) is 9.47. The molecule has 0 unspecified atom stereocenters. The van der Waals surface area contributed by atoms with Crippen LogP contribution in [0.1, 0.15) is 12.8 Å². The molecule has 0 aromatic rings. The predicted molar refractivity (Wildman–Crippen MR) is 73.7 cm³/mol. The van der Waals surface area contributed by atoms with E-state index >= 15 is 0 Å². The van der Waals surface area contributed by atoms with E-state index < -0.39 is 6.03 Å². The van der Waals surface area contributed by atoms with Gasteiger partial charge in [-0.2, -0.15) is 0 Å². The lowest BCUT2D eigenvalue weighted by atomic mass is 10.4. The van der Waals surface area contributed by atoms with Crippen molar-refractivity contribution < 1.29 is 24.9 Å². The number of amides is 3. The number of hydrogen-bond acceptors (Lipinski definition) is 6. The number of aliphatic hydroxyl groups excluding tert-OH is 3. The topological polar surface area (TPSA) is 162 Å². The zero-order valence-corrected chi connectivity index (χ0v) is 11.6. The lowest BCUT2D eigenvalue weighted by molar-refractivity contribution is -0.119. The molecule has 0 bridgehead atoms. The highest BCUT2D eigenvalue weighted by atomic mass is 16.3. The highest BCUT2D eigenvalue weighted by molar-refractivity contribution is 5.77. The number of nitrogens with zero attached hydrogens (tertiary/aromatic N) is 1. The van der Waals surface area contributed by atoms with Crippen LogP contribution in [0, 0.1) is 0 Å². The molecule has 1 aliphatic rings. The van der Waals surface area contributed by atoms with E-state index in [4.69, 9.17) is 20.1 Å². The van der Waals surface area contributed by atoms with Gasteiger partial charge < -0.3 is 32.1 Å². The van der Waals surface area contributed by atoms with Gasteiger partial charge in [-0.3, -0.25) is 9.69 Å². The van der Waals surface area contributed by atoms with Gasteiger partial charge in [-0.15, -0.1) is 0 Å². The van der Waals surface area contributed by atoms with E-state index in [1.807, 2.05) is 0 Å². The smallest absolute Gasteiger partial charge is 0.309 e. The van der Waals surface area contributed by atoms with Gasteiger partial charge in [0.1, 0.15) is 0 Å². The van der Waals surface area contributed by atoms with Crippen molar-refractivity contribution in [3.05, 3.63) is 0 Å². The van der Waals surface area contributed by atoms with Gasteiger partial charge in [0.2, 0.25) is 5.91 Å². The van der Waals surface area contributed by atoms with Crippen molar-refractivity contribution in [2.45, 2.75) is 12.8 Å². The van der Waals surface area contributed by atoms with Crippen molar-refractivity contribution in [3.63, 3.8) is 0 Å². The Hall–Kier alpha value is -1.42. The van der Waals surface area contributed by atoms with Crippen LogP contribution >= 0.6 is 0 Å². The van der Waals surface area contributed by atoms with Crippen LogP contribution in [0.15, 0.2) is 0 Å². The van der Waals surface area contributed by atoms with E-state index in [1.54, 1.807) is 4.90 Å². The summed E-state index contributed by atoms with van der Waals surface area (Å²) in [5.74, 6) is 0.204. The lowest BCUT2D eigenvalue weighted by Crippen LogP contribution is -2.32. The van der Waals surface area contributed by atoms with E-state index in [2.05, 4.69) is 16.8 Å². The van der Waals surface area contributed by atoms with Crippen LogP contribution in [0.25, 0.3) is 0 Å². The van der Waals surface area contributed by atoms with Crippen molar-refractivity contribution in [1.29, 1.82) is 0 Å². The Balaban J connectivity index is 0. The molecule has 0 atom stereocenters. The number of carbonyl (C=O) groups is 2. The largest absolute Gasteiger partial charge is 0.395 e. The van der Waals surface area contributed by atoms with Gasteiger partial charge in [-0.25, -0.2) is 4.79 Å². The normalized spacial score (nSPS) is 12.9. The first-order valence-electron chi connectivity index (χ1n) is 6.34. The maximum absolute atomic E-state index is 10.1. The molecule has 3 amide bonds. The van der Waals surface area contributed by atoms with Crippen molar-refractivity contribution in [1.82, 2.24) is 10.2 Å². The lowest BCUT2D eigenvalue weighted by Gasteiger charge is -2.17. The summed E-state index contributed by atoms with van der Waals surface area (Å²) in [4.78, 5) is 20.9. The summed E-state index contributed by atoms with van der Waals surface area (Å²) in [5, 5.41) is 28.1. The van der Waals surface area contributed by atoms with Gasteiger partial charge in [0.25, 0.3) is 0 Å². The zero-order chi connectivity index (χ0) is 15.8. The summed E-state index contributed by atoms with van der Waals surface area (Å²) in [6.07, 6.45) is 1.76. The summed E-state index contributed by atoms with van der Waals surface area (Å²) in [6, 6.07) is -0.833. The fourth-order valence-electron chi connectivity index (χ4n) is 1.32. The van der Waals surface area contributed by atoms with Crippen LogP contribution in [-0.4, -0.2) is 78.2 Å². The molecular formula is C11H26N4O5. The molecule has 0 radical (unpaired) electrons. The second kappa shape index (κ2) is 15.6. The second-order valence-corrected chi connectivity index (χ2v) is 3.87. The summed E-state index contributed by atoms with van der Waals surface area (Å²) in [6.45, 7) is 2.64. The van der Waals surface area contributed by atoms with Gasteiger partial charge >= 0.3 is 6.03 Å². The molecule has 120 valence electrons. The summed E-state index contributed by atoms with van der Waals surface area (Å²) >= 11 is 0. The molecule has 0 aromatic heterocycles. The second-order valence-electron chi connectivity index (χ2n) is 3.87. The van der Waals surface area contributed by atoms with E-state index in [0.29, 0.717) is 19.6 Å². The highest BCUT2D eigenvalue weighted by Crippen LogP contribution is 1.93. The Labute approximate surface area is 118 Å². The summed E-state index contributed by atoms with van der Waals surface area (Å²) < 4.78 is 0. The van der Waals surface area contributed by atoms with Crippen molar-refractivity contribution in [3.8, 4) is 0 Å². The van der Waals surface area contributed by atoms with E-state index in [0.717, 1.165) is 19.4 Å². The minimum absolute atomic E-state index is 0.0694. The number of rotatable bonds is 6. The van der Waals surface area contributed by atoms with Crippen molar-refractivity contribution in [2.75, 3.05) is 46.0 Å². The molecule has 9 nitrogen and oxygen atoms in total. The molecule has 0 spiro atoms. The van der Waals surface area contributed by atoms with Crippen LogP contribution in [0.5, 0.6) is 0 Å². The molecule has 0 aliphatic carbocycles. The van der Waals surface area contributed by atoms with Gasteiger partial charge in [-0.1, -0.05) is 0 Å². The SMILES string of the molecule is NC(N)=O.O=C1CCCN1.OCCN(CCO)CCO. The number of nitrogens with two attached hydrogens (primary N) is 2. The molecule has 1 rings (SSSR count). The number of carbonyl (C=O) groups excluding carboxylic acids is 2. The first-order valence-corrected chi connectivity index (χ1v) is 6.34. The monoisotopic (exact) mass is 294 g/mol. The molecule has 20 heavy (non-hydrogen) atoms. The van der Waals surface area contributed by atoms with Crippen molar-refractivity contribution >= 4 is 11.9 Å². The third-order valence-electron chi connectivity index (χ3n) is 2.15. The Morgan fingerprint density at radius 1 is 1.10 bits per heavy atom. The number of urea groups is 1. The first kappa shape index (κ1) is 20.9. The minimum atomic E-state index is -0.833. The maximum Gasteiger partial charge on any atom is 0.309 e. The third kappa shape index (κ3) is 18.9. The van der Waals surface area contributed by atoms with Crippen LogP contribution in [0.4, 0.5) is 4.79 Å². The van der Waals surface area contributed by atoms with Crippen LogP contribution in [-0.2, 0) is 4.79 Å². The number of aliphatic hydroxyl groups is 3. The van der Waals surface area contributed by atoms with E-state index in [-0.39, 0.29) is 25.7 Å². The van der Waals surface area contributed by atoms with Gasteiger partial charge in [0.15, 0.2) is 0 Å². The Morgan fingerprint density at radius 3 is 1.65 bits per heavy atom. The molecule has 1 fully saturated rings. The Kier molecular flexibility index (Phi) is 16.3. The minimum Gasteiger partial charge on any atom is -0.395 e. The van der Waals surface area contributed by atoms with Crippen LogP contribution < -0.4 is 16.8 Å². The zero-order valence-electron chi connectivity index (χ0n) is 11.6. The number of primary amides is 2. The van der Waals surface area contributed by atoms with Gasteiger partial charge in [-0.05, 0) is 6.42 Å². The number of hydrogen-bond donors (Lipinski definition) is 6. The number of nitrogens with one attached hydrogen (secondary N) is 1. The van der Waals surface area contributed by atoms with Gasteiger partial charge in [0.05, 0.1) is 19.8 Å². The summed E-state index contributed by atoms with van der Waals surface area (Å²) in [7, 11) is 0. The molecule has 0 aromatic carbocycles. The summed E-state index contributed by atoms with van der Waals surface area (Å²) in [5.41, 5.74) is 8.50. The predicted octanol–water partition coefficient (Wildman–Crippen LogP) is -2.81. The van der Waals surface area contributed by atoms with E-state index in [9.17, 15) is 4.79 Å². The maximum atomic E-state index is 10.1. The Morgan fingerprint density at radius 2 is 1.50 bits per heavy atom. The third-order valence-corrected chi connectivity index (χ3v) is 2.15. The van der Waals surface area contributed by atoms with Gasteiger partial charge in [0, 0.05) is 32.6 Å². The molecule has 1 heterocycles. The molecule has 1 aliphatic heterocycles. The molecular weight excluding hydrogens is 268 g/mol. The van der Waals surface area contributed by atoms with Crippen molar-refractivity contribution in [2.24, 2.45) is 11.5 Å².